The van der Waals surface area contributed by atoms with Gasteiger partial charge in [-0.05, 0) is 12.1 Å². The summed E-state index contributed by atoms with van der Waals surface area (Å²) in [5, 5.41) is 0. The molecule has 1 heterocycles. The summed E-state index contributed by atoms with van der Waals surface area (Å²) in [6.07, 6.45) is 0. The van der Waals surface area contributed by atoms with Crippen LogP contribution in [0.25, 0.3) is 0 Å². The van der Waals surface area contributed by atoms with E-state index in [-0.39, 0.29) is 12.0 Å². The molecule has 5 heteroatoms. The van der Waals surface area contributed by atoms with E-state index < -0.39 is 0 Å². The molecular weight excluding hydrogens is 222 g/mol. The zero-order valence-corrected chi connectivity index (χ0v) is 10.1. The van der Waals surface area contributed by atoms with Crippen LogP contribution in [0.2, 0.25) is 0 Å². The first-order chi connectivity index (χ1) is 8.21. The number of nitrogens with zero attached hydrogens (tertiary/aromatic N) is 1. The summed E-state index contributed by atoms with van der Waals surface area (Å²) in [5.41, 5.74) is 0.849. The first-order valence-corrected chi connectivity index (χ1v) is 5.27. The van der Waals surface area contributed by atoms with E-state index in [1.807, 2.05) is 23.1 Å². The Balaban J connectivity index is 2.23. The summed E-state index contributed by atoms with van der Waals surface area (Å²) in [7, 11) is 4.59. The zero-order chi connectivity index (χ0) is 12.4. The van der Waals surface area contributed by atoms with E-state index in [9.17, 15) is 4.79 Å². The fourth-order valence-electron chi connectivity index (χ4n) is 1.76. The van der Waals surface area contributed by atoms with Gasteiger partial charge in [0.15, 0.2) is 0 Å². The number of benzene rings is 1. The maximum atomic E-state index is 11.4. The number of rotatable bonds is 4. The third kappa shape index (κ3) is 2.13. The van der Waals surface area contributed by atoms with Crippen molar-refractivity contribution in [3.63, 3.8) is 0 Å². The highest BCUT2D eigenvalue weighted by Crippen LogP contribution is 2.38. The van der Waals surface area contributed by atoms with Gasteiger partial charge >= 0.3 is 5.97 Å². The molecule has 92 valence electrons. The van der Waals surface area contributed by atoms with Crippen LogP contribution in [-0.2, 0) is 9.53 Å². The molecule has 1 aliphatic rings. The van der Waals surface area contributed by atoms with Gasteiger partial charge in [-0.3, -0.25) is 0 Å². The van der Waals surface area contributed by atoms with E-state index in [2.05, 4.69) is 0 Å². The topological polar surface area (TPSA) is 47.8 Å². The van der Waals surface area contributed by atoms with Gasteiger partial charge < -0.3 is 19.1 Å². The number of carbonyl (C=O) groups is 1. The van der Waals surface area contributed by atoms with Gasteiger partial charge in [-0.1, -0.05) is 0 Å². The van der Waals surface area contributed by atoms with E-state index in [1.54, 1.807) is 14.2 Å². The SMILES string of the molecule is COC(=O)C1CN1c1cc(OC)ccc1OC. The van der Waals surface area contributed by atoms with Crippen molar-refractivity contribution in [3.8, 4) is 11.5 Å². The third-order valence-corrected chi connectivity index (χ3v) is 2.78. The summed E-state index contributed by atoms with van der Waals surface area (Å²) in [5.74, 6) is 1.23. The molecule has 5 nitrogen and oxygen atoms in total. The summed E-state index contributed by atoms with van der Waals surface area (Å²) in [6.45, 7) is 0.649. The second-order valence-corrected chi connectivity index (χ2v) is 3.73. The third-order valence-electron chi connectivity index (χ3n) is 2.78. The molecule has 2 rings (SSSR count). The first-order valence-electron chi connectivity index (χ1n) is 5.27. The van der Waals surface area contributed by atoms with Gasteiger partial charge in [0.05, 0.1) is 33.6 Å². The Hall–Kier alpha value is -1.91. The summed E-state index contributed by atoms with van der Waals surface area (Å²) >= 11 is 0. The van der Waals surface area contributed by atoms with Gasteiger partial charge in [0, 0.05) is 6.07 Å². The molecule has 0 amide bonds. The largest absolute Gasteiger partial charge is 0.497 e. The molecule has 1 aromatic rings. The lowest BCUT2D eigenvalue weighted by molar-refractivity contribution is -0.139. The Morgan fingerprint density at radius 1 is 1.29 bits per heavy atom. The highest BCUT2D eigenvalue weighted by atomic mass is 16.5. The van der Waals surface area contributed by atoms with Gasteiger partial charge in [0.1, 0.15) is 17.5 Å². The zero-order valence-electron chi connectivity index (χ0n) is 10.1. The molecule has 0 saturated carbocycles. The number of ether oxygens (including phenoxy) is 3. The molecule has 0 aromatic heterocycles. The normalized spacial score (nSPS) is 17.6. The molecule has 1 unspecified atom stereocenters. The lowest BCUT2D eigenvalue weighted by Crippen LogP contribution is -2.14. The second-order valence-electron chi connectivity index (χ2n) is 3.73. The second kappa shape index (κ2) is 4.53. The van der Waals surface area contributed by atoms with Crippen LogP contribution < -0.4 is 14.4 Å². The maximum absolute atomic E-state index is 11.4. The highest BCUT2D eigenvalue weighted by molar-refractivity contribution is 5.87. The Kier molecular flexibility index (Phi) is 3.08. The number of carbonyl (C=O) groups excluding carboxylic acids is 1. The quantitative estimate of drug-likeness (QED) is 0.579. The molecule has 1 saturated heterocycles. The summed E-state index contributed by atoms with van der Waals surface area (Å²) in [4.78, 5) is 13.3. The first kappa shape index (κ1) is 11.6. The van der Waals surface area contributed by atoms with Crippen molar-refractivity contribution < 1.29 is 19.0 Å². The Morgan fingerprint density at radius 3 is 2.65 bits per heavy atom. The van der Waals surface area contributed by atoms with Crippen LogP contribution in [0.1, 0.15) is 0 Å². The molecule has 0 N–H and O–H groups in total. The van der Waals surface area contributed by atoms with Crippen molar-refractivity contribution in [3.05, 3.63) is 18.2 Å². The molecule has 1 aliphatic heterocycles. The van der Waals surface area contributed by atoms with Crippen LogP contribution in [0.5, 0.6) is 11.5 Å². The van der Waals surface area contributed by atoms with Crippen molar-refractivity contribution in [2.75, 3.05) is 32.8 Å². The van der Waals surface area contributed by atoms with Crippen molar-refractivity contribution in [1.82, 2.24) is 0 Å². The minimum atomic E-state index is -0.227. The van der Waals surface area contributed by atoms with E-state index in [4.69, 9.17) is 14.2 Å². The smallest absolute Gasteiger partial charge is 0.330 e. The molecule has 1 fully saturated rings. The van der Waals surface area contributed by atoms with E-state index >= 15 is 0 Å². The average molecular weight is 237 g/mol. The molecule has 0 spiro atoms. The van der Waals surface area contributed by atoms with Gasteiger partial charge in [-0.2, -0.15) is 0 Å². The fourth-order valence-corrected chi connectivity index (χ4v) is 1.76. The van der Waals surface area contributed by atoms with Crippen LogP contribution in [-0.4, -0.2) is 39.9 Å². The van der Waals surface area contributed by atoms with E-state index in [1.165, 1.54) is 7.11 Å². The molecule has 0 radical (unpaired) electrons. The highest BCUT2D eigenvalue weighted by Gasteiger charge is 2.43. The molecule has 1 atom stereocenters. The molecule has 0 aliphatic carbocycles. The molecule has 17 heavy (non-hydrogen) atoms. The molecule has 0 bridgehead atoms. The van der Waals surface area contributed by atoms with Crippen LogP contribution in [0.4, 0.5) is 5.69 Å². The summed E-state index contributed by atoms with van der Waals surface area (Å²) in [6, 6.07) is 5.28. The Labute approximate surface area is 99.9 Å². The number of hydrogen-bond donors (Lipinski definition) is 0. The van der Waals surface area contributed by atoms with Crippen LogP contribution in [0.15, 0.2) is 18.2 Å². The lowest BCUT2D eigenvalue weighted by atomic mass is 10.2. The molecule has 1 aromatic carbocycles. The lowest BCUT2D eigenvalue weighted by Gasteiger charge is -2.12. The number of hydrogen-bond acceptors (Lipinski definition) is 5. The van der Waals surface area contributed by atoms with Crippen molar-refractivity contribution in [2.45, 2.75) is 6.04 Å². The van der Waals surface area contributed by atoms with Crippen molar-refractivity contribution in [2.24, 2.45) is 0 Å². The minimum Gasteiger partial charge on any atom is -0.497 e. The van der Waals surface area contributed by atoms with E-state index in [0.717, 1.165) is 17.2 Å². The van der Waals surface area contributed by atoms with Gasteiger partial charge in [-0.15, -0.1) is 0 Å². The maximum Gasteiger partial charge on any atom is 0.330 e. The Bertz CT molecular complexity index is 433. The number of anilines is 1. The average Bonchev–Trinajstić information content (AvgIpc) is 3.17. The van der Waals surface area contributed by atoms with Crippen LogP contribution in [0, 0.1) is 0 Å². The van der Waals surface area contributed by atoms with Crippen molar-refractivity contribution in [1.29, 1.82) is 0 Å². The van der Waals surface area contributed by atoms with Crippen LogP contribution >= 0.6 is 0 Å². The summed E-state index contributed by atoms with van der Waals surface area (Å²) < 4.78 is 15.1. The fraction of sp³-hybridized carbons (Fsp3) is 0.417. The number of methoxy groups -OCH3 is 3. The van der Waals surface area contributed by atoms with Gasteiger partial charge in [0.25, 0.3) is 0 Å². The Morgan fingerprint density at radius 2 is 2.06 bits per heavy atom. The predicted octanol–water partition coefficient (Wildman–Crippen LogP) is 1.07. The van der Waals surface area contributed by atoms with Crippen molar-refractivity contribution >= 4 is 11.7 Å². The van der Waals surface area contributed by atoms with E-state index in [0.29, 0.717) is 6.54 Å². The monoisotopic (exact) mass is 237 g/mol. The van der Waals surface area contributed by atoms with Crippen LogP contribution in [0.3, 0.4) is 0 Å². The standard InChI is InChI=1S/C12H15NO4/c1-15-8-4-5-11(16-2)9(6-8)13-7-10(13)12(14)17-3/h4-6,10H,7H2,1-3H3. The molecular formula is C12H15NO4. The number of esters is 1. The van der Waals surface area contributed by atoms with Gasteiger partial charge in [-0.25, -0.2) is 4.79 Å². The van der Waals surface area contributed by atoms with Gasteiger partial charge in [0.2, 0.25) is 0 Å². The minimum absolute atomic E-state index is 0.207. The predicted molar refractivity (Wildman–Crippen MR) is 62.7 cm³/mol.